The van der Waals surface area contributed by atoms with Gasteiger partial charge in [0.2, 0.25) is 0 Å². The van der Waals surface area contributed by atoms with E-state index < -0.39 is 11.8 Å². The maximum atomic E-state index is 13.3. The van der Waals surface area contributed by atoms with Gasteiger partial charge in [-0.2, -0.15) is 0 Å². The summed E-state index contributed by atoms with van der Waals surface area (Å²) in [4.78, 5) is 27.1. The fourth-order valence-electron chi connectivity index (χ4n) is 3.45. The highest BCUT2D eigenvalue weighted by atomic mass is 35.5. The molecule has 0 atom stereocenters. The van der Waals surface area contributed by atoms with Gasteiger partial charge in [-0.15, -0.1) is 0 Å². The Morgan fingerprint density at radius 1 is 0.971 bits per heavy atom. The summed E-state index contributed by atoms with van der Waals surface area (Å²) < 4.78 is 11.7. The molecule has 0 aromatic heterocycles. The Morgan fingerprint density at radius 2 is 1.74 bits per heavy atom. The summed E-state index contributed by atoms with van der Waals surface area (Å²) >= 11 is 17.6. The fraction of sp³-hybridized carbons (Fsp3) is 0.115. The van der Waals surface area contributed by atoms with Crippen molar-refractivity contribution >= 4 is 64.1 Å². The van der Waals surface area contributed by atoms with Crippen molar-refractivity contribution in [1.82, 2.24) is 5.32 Å². The Balaban J connectivity index is 1.64. The van der Waals surface area contributed by atoms with Gasteiger partial charge in [0.1, 0.15) is 12.2 Å². The third kappa shape index (κ3) is 5.48. The molecule has 1 saturated heterocycles. The van der Waals surface area contributed by atoms with Gasteiger partial charge in [0.05, 0.1) is 22.3 Å². The van der Waals surface area contributed by atoms with Crippen LogP contribution in [0, 0.1) is 0 Å². The normalized spacial score (nSPS) is 14.8. The van der Waals surface area contributed by atoms with Crippen molar-refractivity contribution in [3.8, 4) is 11.5 Å². The van der Waals surface area contributed by atoms with Gasteiger partial charge in [0, 0.05) is 0 Å². The lowest BCUT2D eigenvalue weighted by Gasteiger charge is -2.29. The van der Waals surface area contributed by atoms with Gasteiger partial charge in [0.25, 0.3) is 11.8 Å². The minimum atomic E-state index is -0.620. The molecule has 1 fully saturated rings. The van der Waals surface area contributed by atoms with Crippen LogP contribution in [-0.4, -0.2) is 23.5 Å². The predicted octanol–water partition coefficient (Wildman–Crippen LogP) is 5.80. The van der Waals surface area contributed by atoms with Crippen LogP contribution in [0.2, 0.25) is 10.0 Å². The first kappa shape index (κ1) is 24.7. The molecule has 3 aromatic rings. The highest BCUT2D eigenvalue weighted by molar-refractivity contribution is 7.80. The Hall–Kier alpha value is -3.39. The first-order chi connectivity index (χ1) is 16.9. The number of ether oxygens (including phenoxy) is 2. The number of thiocarbonyl (C=S) groups is 1. The molecule has 0 aliphatic carbocycles. The summed E-state index contributed by atoms with van der Waals surface area (Å²) in [6.07, 6.45) is 1.47. The summed E-state index contributed by atoms with van der Waals surface area (Å²) in [5, 5.41) is 2.86. The van der Waals surface area contributed by atoms with Crippen molar-refractivity contribution in [3.05, 3.63) is 93.5 Å². The van der Waals surface area contributed by atoms with Crippen molar-refractivity contribution in [2.24, 2.45) is 0 Å². The van der Waals surface area contributed by atoms with Gasteiger partial charge in [-0.1, -0.05) is 65.7 Å². The molecule has 3 aromatic carbocycles. The largest absolute Gasteiger partial charge is 0.490 e. The monoisotopic (exact) mass is 526 g/mol. The van der Waals surface area contributed by atoms with E-state index >= 15 is 0 Å². The molecule has 0 saturated carbocycles. The SMILES string of the molecule is CCOc1cc(/C=C2\C(=O)NC(=S)N(c3cccc(Cl)c3Cl)C2=O)ccc1OCc1ccccc1. The second-order valence-corrected chi connectivity index (χ2v) is 8.62. The van der Waals surface area contributed by atoms with Crippen molar-refractivity contribution in [3.63, 3.8) is 0 Å². The summed E-state index contributed by atoms with van der Waals surface area (Å²) in [7, 11) is 0. The van der Waals surface area contributed by atoms with E-state index in [1.807, 2.05) is 37.3 Å². The summed E-state index contributed by atoms with van der Waals surface area (Å²) in [5.74, 6) is -0.195. The number of anilines is 1. The van der Waals surface area contributed by atoms with Gasteiger partial charge in [0.15, 0.2) is 16.6 Å². The number of rotatable bonds is 7. The number of carbonyl (C=O) groups is 2. The van der Waals surface area contributed by atoms with E-state index in [1.54, 1.807) is 36.4 Å². The van der Waals surface area contributed by atoms with Crippen LogP contribution in [-0.2, 0) is 16.2 Å². The van der Waals surface area contributed by atoms with E-state index in [1.165, 1.54) is 6.08 Å². The lowest BCUT2D eigenvalue weighted by atomic mass is 10.1. The number of carbonyl (C=O) groups excluding carboxylic acids is 2. The number of nitrogens with zero attached hydrogens (tertiary/aromatic N) is 1. The van der Waals surface area contributed by atoms with Crippen LogP contribution in [0.4, 0.5) is 5.69 Å². The number of hydrogen-bond donors (Lipinski definition) is 1. The number of hydrogen-bond acceptors (Lipinski definition) is 5. The Labute approximate surface area is 218 Å². The first-order valence-electron chi connectivity index (χ1n) is 10.7. The minimum absolute atomic E-state index is 0.0824. The predicted molar refractivity (Wildman–Crippen MR) is 141 cm³/mol. The molecule has 1 heterocycles. The van der Waals surface area contributed by atoms with Crippen LogP contribution < -0.4 is 19.7 Å². The average molecular weight is 527 g/mol. The molecule has 9 heteroatoms. The minimum Gasteiger partial charge on any atom is -0.490 e. The maximum absolute atomic E-state index is 13.3. The van der Waals surface area contributed by atoms with E-state index in [9.17, 15) is 9.59 Å². The third-order valence-corrected chi connectivity index (χ3v) is 6.18. The zero-order chi connectivity index (χ0) is 24.9. The van der Waals surface area contributed by atoms with Crippen molar-refractivity contribution < 1.29 is 19.1 Å². The Bertz CT molecular complexity index is 1330. The lowest BCUT2D eigenvalue weighted by Crippen LogP contribution is -2.54. The highest BCUT2D eigenvalue weighted by Gasteiger charge is 2.35. The molecule has 0 unspecified atom stereocenters. The van der Waals surface area contributed by atoms with Gasteiger partial charge in [-0.3, -0.25) is 19.8 Å². The van der Waals surface area contributed by atoms with Gasteiger partial charge in [-0.25, -0.2) is 0 Å². The summed E-state index contributed by atoms with van der Waals surface area (Å²) in [5.41, 5.74) is 1.75. The number of nitrogens with one attached hydrogen (secondary N) is 1. The summed E-state index contributed by atoms with van der Waals surface area (Å²) in [6, 6.07) is 19.8. The molecule has 1 aliphatic rings. The van der Waals surface area contributed by atoms with Crippen LogP contribution in [0.5, 0.6) is 11.5 Å². The number of amides is 2. The van der Waals surface area contributed by atoms with E-state index in [-0.39, 0.29) is 26.4 Å². The van der Waals surface area contributed by atoms with E-state index in [0.29, 0.717) is 30.3 Å². The van der Waals surface area contributed by atoms with Gasteiger partial charge >= 0.3 is 0 Å². The van der Waals surface area contributed by atoms with Crippen LogP contribution in [0.15, 0.2) is 72.3 Å². The van der Waals surface area contributed by atoms with Gasteiger partial charge in [-0.05, 0) is 60.6 Å². The molecule has 35 heavy (non-hydrogen) atoms. The van der Waals surface area contributed by atoms with Crippen molar-refractivity contribution in [2.45, 2.75) is 13.5 Å². The van der Waals surface area contributed by atoms with E-state index in [4.69, 9.17) is 44.9 Å². The molecule has 0 radical (unpaired) electrons. The van der Waals surface area contributed by atoms with Crippen molar-refractivity contribution in [1.29, 1.82) is 0 Å². The van der Waals surface area contributed by atoms with E-state index in [0.717, 1.165) is 10.5 Å². The van der Waals surface area contributed by atoms with E-state index in [2.05, 4.69) is 5.32 Å². The molecule has 6 nitrogen and oxygen atoms in total. The smallest absolute Gasteiger partial charge is 0.270 e. The summed E-state index contributed by atoms with van der Waals surface area (Å²) in [6.45, 7) is 2.64. The Kier molecular flexibility index (Phi) is 7.70. The van der Waals surface area contributed by atoms with Crippen LogP contribution >= 0.6 is 35.4 Å². The zero-order valence-corrected chi connectivity index (χ0v) is 20.9. The van der Waals surface area contributed by atoms with Crippen molar-refractivity contribution in [2.75, 3.05) is 11.5 Å². The molecule has 2 amide bonds. The molecular weight excluding hydrogens is 507 g/mol. The number of benzene rings is 3. The quantitative estimate of drug-likeness (QED) is 0.239. The standard InChI is InChI=1S/C26H20Cl2N2O4S/c1-2-33-22-14-17(11-12-21(22)34-15-16-7-4-3-5-8-16)13-18-24(31)29-26(35)30(25(18)32)20-10-6-9-19(27)23(20)28/h3-14H,2,15H2,1H3,(H,29,31,35)/b18-13+. The second kappa shape index (κ2) is 10.9. The van der Waals surface area contributed by atoms with Crippen LogP contribution in [0.1, 0.15) is 18.1 Å². The Morgan fingerprint density at radius 3 is 2.49 bits per heavy atom. The second-order valence-electron chi connectivity index (χ2n) is 7.44. The molecule has 1 aliphatic heterocycles. The fourth-order valence-corrected chi connectivity index (χ4v) is 4.10. The average Bonchev–Trinajstić information content (AvgIpc) is 2.84. The maximum Gasteiger partial charge on any atom is 0.270 e. The highest BCUT2D eigenvalue weighted by Crippen LogP contribution is 2.35. The molecule has 178 valence electrons. The number of halogens is 2. The van der Waals surface area contributed by atoms with Gasteiger partial charge < -0.3 is 9.47 Å². The van der Waals surface area contributed by atoms with Crippen LogP contribution in [0.25, 0.3) is 6.08 Å². The molecule has 0 bridgehead atoms. The zero-order valence-electron chi connectivity index (χ0n) is 18.6. The lowest BCUT2D eigenvalue weighted by molar-refractivity contribution is -0.122. The first-order valence-corrected chi connectivity index (χ1v) is 11.8. The molecular formula is C26H20Cl2N2O4S. The van der Waals surface area contributed by atoms with Crippen LogP contribution in [0.3, 0.4) is 0 Å². The molecule has 1 N–H and O–H groups in total. The topological polar surface area (TPSA) is 67.9 Å². The molecule has 4 rings (SSSR count). The third-order valence-electron chi connectivity index (χ3n) is 5.09. The molecule has 0 spiro atoms.